The van der Waals surface area contributed by atoms with Crippen molar-refractivity contribution in [2.75, 3.05) is 36.8 Å². The van der Waals surface area contributed by atoms with Gasteiger partial charge in [0.25, 0.3) is 0 Å². The second-order valence-corrected chi connectivity index (χ2v) is 12.1. The summed E-state index contributed by atoms with van der Waals surface area (Å²) in [6.45, 7) is 3.20. The number of aliphatic hydroxyl groups excluding tert-OH is 1. The second kappa shape index (κ2) is 12.4. The van der Waals surface area contributed by atoms with Crippen molar-refractivity contribution < 1.29 is 17.9 Å². The average molecular weight is 555 g/mol. The Balaban J connectivity index is 1.28. The van der Waals surface area contributed by atoms with E-state index in [0.29, 0.717) is 55.4 Å². The first-order chi connectivity index (χ1) is 18.9. The Morgan fingerprint density at radius 3 is 2.26 bits per heavy atom. The number of benzene rings is 2. The maximum Gasteiger partial charge on any atom is 0.243 e. The lowest BCUT2D eigenvalue weighted by molar-refractivity contribution is 0.0974. The van der Waals surface area contributed by atoms with Gasteiger partial charge in [-0.1, -0.05) is 0 Å². The highest BCUT2D eigenvalue weighted by Gasteiger charge is 2.34. The molecule has 39 heavy (non-hydrogen) atoms. The van der Waals surface area contributed by atoms with E-state index in [1.54, 1.807) is 53.0 Å². The molecule has 2 heterocycles. The summed E-state index contributed by atoms with van der Waals surface area (Å²) >= 11 is 0. The van der Waals surface area contributed by atoms with Crippen molar-refractivity contribution in [1.29, 1.82) is 0 Å². The molecule has 1 aromatic heterocycles. The van der Waals surface area contributed by atoms with E-state index < -0.39 is 10.0 Å². The van der Waals surface area contributed by atoms with Crippen LogP contribution in [0.25, 0.3) is 0 Å². The van der Waals surface area contributed by atoms with Crippen LogP contribution in [-0.4, -0.2) is 71.0 Å². The molecule has 0 radical (unpaired) electrons. The molecule has 3 aromatic rings. The Morgan fingerprint density at radius 2 is 1.56 bits per heavy atom. The number of hydrogen-bond donors (Lipinski definition) is 3. The van der Waals surface area contributed by atoms with Gasteiger partial charge < -0.3 is 20.6 Å². The van der Waals surface area contributed by atoms with E-state index in [1.165, 1.54) is 12.1 Å². The molecule has 11 heteroatoms. The van der Waals surface area contributed by atoms with E-state index in [-0.39, 0.29) is 22.9 Å². The summed E-state index contributed by atoms with van der Waals surface area (Å²) in [6.07, 6.45) is 6.15. The Labute approximate surface area is 229 Å². The molecule has 208 valence electrons. The van der Waals surface area contributed by atoms with Crippen LogP contribution in [0.2, 0.25) is 0 Å². The minimum atomic E-state index is -3.71. The first-order valence-corrected chi connectivity index (χ1v) is 15.0. The van der Waals surface area contributed by atoms with Gasteiger partial charge in [-0.05, 0) is 106 Å². The molecule has 2 aromatic carbocycles. The van der Waals surface area contributed by atoms with Crippen LogP contribution in [-0.2, 0) is 10.0 Å². The molecule has 5 rings (SSSR count). The molecule has 1 aliphatic heterocycles. The minimum Gasteiger partial charge on any atom is -0.393 e. The van der Waals surface area contributed by atoms with Gasteiger partial charge in [-0.25, -0.2) is 17.8 Å². The van der Waals surface area contributed by atoms with E-state index in [4.69, 9.17) is 0 Å². The van der Waals surface area contributed by atoms with Crippen LogP contribution < -0.4 is 10.6 Å². The van der Waals surface area contributed by atoms with Crippen LogP contribution >= 0.6 is 0 Å². The minimum absolute atomic E-state index is 0.108. The van der Waals surface area contributed by atoms with Crippen molar-refractivity contribution in [3.63, 3.8) is 0 Å². The van der Waals surface area contributed by atoms with Gasteiger partial charge in [0.2, 0.25) is 16.0 Å². The lowest BCUT2D eigenvalue weighted by Crippen LogP contribution is -2.46. The summed E-state index contributed by atoms with van der Waals surface area (Å²) in [5.41, 5.74) is 1.34. The van der Waals surface area contributed by atoms with Gasteiger partial charge in [-0.15, -0.1) is 0 Å². The van der Waals surface area contributed by atoms with Crippen LogP contribution in [0, 0.1) is 5.82 Å². The lowest BCUT2D eigenvalue weighted by atomic mass is 9.93. The predicted molar refractivity (Wildman–Crippen MR) is 149 cm³/mol. The van der Waals surface area contributed by atoms with Crippen LogP contribution in [0.4, 0.5) is 27.5 Å². The normalized spacial score (nSPS) is 20.3. The predicted octanol–water partition coefficient (Wildman–Crippen LogP) is 4.49. The highest BCUT2D eigenvalue weighted by molar-refractivity contribution is 7.89. The highest BCUT2D eigenvalue weighted by Crippen LogP contribution is 2.29. The summed E-state index contributed by atoms with van der Waals surface area (Å²) in [5.74, 6) is 0.554. The summed E-state index contributed by atoms with van der Waals surface area (Å²) in [5, 5.41) is 16.2. The van der Waals surface area contributed by atoms with Crippen molar-refractivity contribution in [2.45, 2.75) is 55.6 Å². The number of hydrogen-bond acceptors (Lipinski definition) is 8. The van der Waals surface area contributed by atoms with Crippen LogP contribution in [0.5, 0.6) is 0 Å². The zero-order valence-electron chi connectivity index (χ0n) is 21.8. The fraction of sp³-hybridized carbons (Fsp3) is 0.429. The van der Waals surface area contributed by atoms with Crippen LogP contribution in [0.1, 0.15) is 38.5 Å². The summed E-state index contributed by atoms with van der Waals surface area (Å²) in [7, 11) is -3.71. The number of halogens is 1. The first kappa shape index (κ1) is 27.4. The maximum atomic E-state index is 13.8. The van der Waals surface area contributed by atoms with Crippen molar-refractivity contribution in [2.24, 2.45) is 0 Å². The third kappa shape index (κ3) is 7.10. The van der Waals surface area contributed by atoms with Gasteiger partial charge in [0.05, 0.1) is 11.0 Å². The maximum absolute atomic E-state index is 13.8. The lowest BCUT2D eigenvalue weighted by Gasteiger charge is -2.35. The highest BCUT2D eigenvalue weighted by atomic mass is 32.2. The fourth-order valence-corrected chi connectivity index (χ4v) is 6.91. The van der Waals surface area contributed by atoms with Crippen molar-refractivity contribution in [1.82, 2.24) is 19.2 Å². The molecule has 3 N–H and O–H groups in total. The van der Waals surface area contributed by atoms with Crippen LogP contribution in [0.15, 0.2) is 65.7 Å². The molecule has 1 aliphatic carbocycles. The van der Waals surface area contributed by atoms with Gasteiger partial charge in [0.1, 0.15) is 11.6 Å². The molecule has 0 spiro atoms. The van der Waals surface area contributed by atoms with Crippen molar-refractivity contribution in [3.05, 3.63) is 66.6 Å². The van der Waals surface area contributed by atoms with E-state index in [2.05, 4.69) is 25.5 Å². The molecule has 0 amide bonds. The molecule has 2 fully saturated rings. The topological polar surface area (TPSA) is 111 Å². The fourth-order valence-electron chi connectivity index (χ4n) is 5.24. The standard InChI is InChI=1S/C28H35FN6O3S/c29-21-3-5-22(6-4-21)31-27-15-16-30-28(33-27)32-23-7-13-26(14-8-23)39(37,38)35(20-19-34-17-1-2-18-34)24-9-11-25(36)12-10-24/h3-8,13-16,24-25,36H,1-2,9-12,17-20H2,(H2,30,31,32,33). The van der Waals surface area contributed by atoms with E-state index in [1.807, 2.05) is 0 Å². The van der Waals surface area contributed by atoms with Gasteiger partial charge in [-0.2, -0.15) is 9.29 Å². The van der Waals surface area contributed by atoms with Gasteiger partial charge in [0.15, 0.2) is 0 Å². The molecular weight excluding hydrogens is 519 g/mol. The second-order valence-electron chi connectivity index (χ2n) is 10.2. The van der Waals surface area contributed by atoms with Gasteiger partial charge >= 0.3 is 0 Å². The Bertz CT molecular complexity index is 1330. The van der Waals surface area contributed by atoms with Crippen LogP contribution in [0.3, 0.4) is 0 Å². The molecule has 0 atom stereocenters. The van der Waals surface area contributed by atoms with Crippen molar-refractivity contribution >= 4 is 33.2 Å². The van der Waals surface area contributed by atoms with Gasteiger partial charge in [-0.3, -0.25) is 0 Å². The zero-order chi connectivity index (χ0) is 27.2. The number of aromatic nitrogens is 2. The Morgan fingerprint density at radius 1 is 0.923 bits per heavy atom. The van der Waals surface area contributed by atoms with E-state index in [9.17, 15) is 17.9 Å². The molecule has 0 unspecified atom stereocenters. The monoisotopic (exact) mass is 554 g/mol. The summed E-state index contributed by atoms with van der Waals surface area (Å²) in [6, 6.07) is 14.2. The number of sulfonamides is 1. The SMILES string of the molecule is O=S(=O)(c1ccc(Nc2nccc(Nc3ccc(F)cc3)n2)cc1)N(CCN1CCCC1)C1CCC(O)CC1. The number of aliphatic hydroxyl groups is 1. The third-order valence-electron chi connectivity index (χ3n) is 7.40. The Hall–Kier alpha value is -3.12. The van der Waals surface area contributed by atoms with E-state index in [0.717, 1.165) is 32.5 Å². The molecule has 2 aliphatic rings. The number of rotatable bonds is 10. The molecule has 1 saturated carbocycles. The number of anilines is 4. The van der Waals surface area contributed by atoms with Crippen molar-refractivity contribution in [3.8, 4) is 0 Å². The van der Waals surface area contributed by atoms with Gasteiger partial charge in [0, 0.05) is 36.7 Å². The number of nitrogens with one attached hydrogen (secondary N) is 2. The molecule has 1 saturated heterocycles. The first-order valence-electron chi connectivity index (χ1n) is 13.5. The number of nitrogens with zero attached hydrogens (tertiary/aromatic N) is 4. The van der Waals surface area contributed by atoms with E-state index >= 15 is 0 Å². The Kier molecular flexibility index (Phi) is 8.71. The quantitative estimate of drug-likeness (QED) is 0.336. The molecular formula is C28H35FN6O3S. The smallest absolute Gasteiger partial charge is 0.243 e. The number of likely N-dealkylation sites (tertiary alicyclic amines) is 1. The largest absolute Gasteiger partial charge is 0.393 e. The zero-order valence-corrected chi connectivity index (χ0v) is 22.7. The molecule has 0 bridgehead atoms. The third-order valence-corrected chi connectivity index (χ3v) is 9.36. The average Bonchev–Trinajstić information content (AvgIpc) is 3.45. The molecule has 9 nitrogen and oxygen atoms in total. The summed E-state index contributed by atoms with van der Waals surface area (Å²) < 4.78 is 42.4. The summed E-state index contributed by atoms with van der Waals surface area (Å²) in [4.78, 5) is 11.3.